The van der Waals surface area contributed by atoms with Gasteiger partial charge in [0.25, 0.3) is 0 Å². The Labute approximate surface area is 121 Å². The van der Waals surface area contributed by atoms with E-state index >= 15 is 0 Å². The van der Waals surface area contributed by atoms with E-state index in [1.165, 1.54) is 5.56 Å². The Morgan fingerprint density at radius 3 is 2.55 bits per heavy atom. The normalized spacial score (nSPS) is 16.4. The zero-order valence-corrected chi connectivity index (χ0v) is 12.2. The lowest BCUT2D eigenvalue weighted by atomic mass is 10.1. The minimum Gasteiger partial charge on any atom is -0.396 e. The number of amides is 1. The molecule has 4 heteroatoms. The number of aliphatic hydroxyl groups is 1. The lowest BCUT2D eigenvalue weighted by Crippen LogP contribution is -2.49. The van der Waals surface area contributed by atoms with Crippen molar-refractivity contribution in [1.82, 2.24) is 9.80 Å². The highest BCUT2D eigenvalue weighted by atomic mass is 16.3. The van der Waals surface area contributed by atoms with Crippen molar-refractivity contribution in [2.24, 2.45) is 0 Å². The molecular weight excluding hydrogens is 252 g/mol. The predicted octanol–water partition coefficient (Wildman–Crippen LogP) is 1.06. The first-order chi connectivity index (χ1) is 9.70. The minimum atomic E-state index is 0.223. The van der Waals surface area contributed by atoms with E-state index in [0.29, 0.717) is 6.42 Å². The zero-order chi connectivity index (χ0) is 14.4. The molecule has 0 spiro atoms. The number of carbonyl (C=O) groups is 1. The van der Waals surface area contributed by atoms with Crippen LogP contribution in [0.5, 0.6) is 0 Å². The Bertz CT molecular complexity index is 440. The Morgan fingerprint density at radius 1 is 1.20 bits per heavy atom. The predicted molar refractivity (Wildman–Crippen MR) is 79.6 cm³/mol. The lowest BCUT2D eigenvalue weighted by Gasteiger charge is -2.34. The number of aryl methyl sites for hydroxylation is 1. The Morgan fingerprint density at radius 2 is 1.90 bits per heavy atom. The van der Waals surface area contributed by atoms with Crippen molar-refractivity contribution < 1.29 is 9.90 Å². The fourth-order valence-corrected chi connectivity index (χ4v) is 2.60. The maximum atomic E-state index is 12.3. The molecule has 0 saturated carbocycles. The van der Waals surface area contributed by atoms with Crippen molar-refractivity contribution in [3.63, 3.8) is 0 Å². The number of hydrogen-bond acceptors (Lipinski definition) is 3. The van der Waals surface area contributed by atoms with Gasteiger partial charge in [0.2, 0.25) is 5.91 Å². The maximum absolute atomic E-state index is 12.3. The van der Waals surface area contributed by atoms with Gasteiger partial charge >= 0.3 is 0 Å². The van der Waals surface area contributed by atoms with Gasteiger partial charge in [-0.15, -0.1) is 0 Å². The molecule has 20 heavy (non-hydrogen) atoms. The van der Waals surface area contributed by atoms with Crippen LogP contribution in [0.15, 0.2) is 24.3 Å². The van der Waals surface area contributed by atoms with E-state index in [1.807, 2.05) is 23.1 Å². The van der Waals surface area contributed by atoms with E-state index in [0.717, 1.165) is 44.7 Å². The summed E-state index contributed by atoms with van der Waals surface area (Å²) < 4.78 is 0. The number of piperazine rings is 1. The number of benzene rings is 1. The summed E-state index contributed by atoms with van der Waals surface area (Å²) in [7, 11) is 0. The van der Waals surface area contributed by atoms with Gasteiger partial charge in [-0.2, -0.15) is 0 Å². The summed E-state index contributed by atoms with van der Waals surface area (Å²) in [5.74, 6) is 0.223. The molecule has 0 unspecified atom stereocenters. The van der Waals surface area contributed by atoms with E-state index in [4.69, 9.17) is 5.11 Å². The van der Waals surface area contributed by atoms with Crippen LogP contribution in [0.3, 0.4) is 0 Å². The minimum absolute atomic E-state index is 0.223. The maximum Gasteiger partial charge on any atom is 0.227 e. The molecule has 1 fully saturated rings. The van der Waals surface area contributed by atoms with Crippen molar-refractivity contribution in [1.29, 1.82) is 0 Å². The summed E-state index contributed by atoms with van der Waals surface area (Å²) in [5, 5.41) is 8.84. The highest BCUT2D eigenvalue weighted by molar-refractivity contribution is 5.79. The van der Waals surface area contributed by atoms with Crippen molar-refractivity contribution in [2.75, 3.05) is 39.3 Å². The Kier molecular flexibility index (Phi) is 5.56. The summed E-state index contributed by atoms with van der Waals surface area (Å²) in [5.41, 5.74) is 2.31. The van der Waals surface area contributed by atoms with Gasteiger partial charge in [0.15, 0.2) is 0 Å². The van der Waals surface area contributed by atoms with Crippen LogP contribution in [0.2, 0.25) is 0 Å². The second-order valence-electron chi connectivity index (χ2n) is 5.40. The third kappa shape index (κ3) is 4.05. The van der Waals surface area contributed by atoms with Crippen molar-refractivity contribution in [2.45, 2.75) is 19.8 Å². The van der Waals surface area contributed by atoms with Crippen LogP contribution in [0, 0.1) is 6.92 Å². The van der Waals surface area contributed by atoms with E-state index in [-0.39, 0.29) is 12.5 Å². The third-order valence-corrected chi connectivity index (χ3v) is 3.96. The number of nitrogens with zero attached hydrogens (tertiary/aromatic N) is 2. The molecule has 1 N–H and O–H groups in total. The average Bonchev–Trinajstić information content (AvgIpc) is 2.48. The largest absolute Gasteiger partial charge is 0.396 e. The molecule has 1 amide bonds. The number of hydrogen-bond donors (Lipinski definition) is 1. The van der Waals surface area contributed by atoms with Crippen LogP contribution >= 0.6 is 0 Å². The van der Waals surface area contributed by atoms with Gasteiger partial charge < -0.3 is 10.0 Å². The Hall–Kier alpha value is -1.39. The number of aliphatic hydroxyl groups excluding tert-OH is 1. The van der Waals surface area contributed by atoms with Crippen LogP contribution < -0.4 is 0 Å². The van der Waals surface area contributed by atoms with Gasteiger partial charge in [-0.3, -0.25) is 9.69 Å². The highest BCUT2D eigenvalue weighted by Crippen LogP contribution is 2.11. The molecule has 1 aromatic rings. The first-order valence-electron chi connectivity index (χ1n) is 7.36. The lowest BCUT2D eigenvalue weighted by molar-refractivity contribution is -0.132. The molecule has 0 bridgehead atoms. The van der Waals surface area contributed by atoms with Crippen LogP contribution in [0.4, 0.5) is 0 Å². The van der Waals surface area contributed by atoms with Gasteiger partial charge in [0.1, 0.15) is 0 Å². The van der Waals surface area contributed by atoms with Crippen LogP contribution in [-0.4, -0.2) is 60.1 Å². The summed E-state index contributed by atoms with van der Waals surface area (Å²) >= 11 is 0. The topological polar surface area (TPSA) is 43.8 Å². The second-order valence-corrected chi connectivity index (χ2v) is 5.40. The standard InChI is InChI=1S/C16H24N2O2/c1-14-5-2-3-6-15(14)13-16(20)18-10-8-17(9-11-18)7-4-12-19/h2-3,5-6,19H,4,7-13H2,1H3. The highest BCUT2D eigenvalue weighted by Gasteiger charge is 2.20. The average molecular weight is 276 g/mol. The van der Waals surface area contributed by atoms with Crippen LogP contribution in [0.1, 0.15) is 17.5 Å². The summed E-state index contributed by atoms with van der Waals surface area (Å²) in [4.78, 5) is 16.6. The molecule has 110 valence electrons. The van der Waals surface area contributed by atoms with Crippen molar-refractivity contribution in [3.05, 3.63) is 35.4 Å². The number of rotatable bonds is 5. The van der Waals surface area contributed by atoms with E-state index in [2.05, 4.69) is 17.9 Å². The first kappa shape index (κ1) is 15.0. The zero-order valence-electron chi connectivity index (χ0n) is 12.2. The second kappa shape index (κ2) is 7.41. The molecule has 2 rings (SSSR count). The quantitative estimate of drug-likeness (QED) is 0.875. The SMILES string of the molecule is Cc1ccccc1CC(=O)N1CCN(CCCO)CC1. The molecule has 0 atom stereocenters. The van der Waals surface area contributed by atoms with E-state index < -0.39 is 0 Å². The molecule has 0 aromatic heterocycles. The fraction of sp³-hybridized carbons (Fsp3) is 0.562. The summed E-state index contributed by atoms with van der Waals surface area (Å²) in [6.45, 7) is 6.66. The first-order valence-corrected chi connectivity index (χ1v) is 7.36. The molecule has 0 radical (unpaired) electrons. The Balaban J connectivity index is 1.82. The van der Waals surface area contributed by atoms with Gasteiger partial charge in [-0.1, -0.05) is 24.3 Å². The number of carbonyl (C=O) groups excluding carboxylic acids is 1. The van der Waals surface area contributed by atoms with E-state index in [1.54, 1.807) is 0 Å². The smallest absolute Gasteiger partial charge is 0.227 e. The molecule has 1 aliphatic heterocycles. The van der Waals surface area contributed by atoms with Gasteiger partial charge in [-0.25, -0.2) is 0 Å². The monoisotopic (exact) mass is 276 g/mol. The molecule has 1 aromatic carbocycles. The third-order valence-electron chi connectivity index (χ3n) is 3.96. The summed E-state index contributed by atoms with van der Waals surface area (Å²) in [6.07, 6.45) is 1.32. The van der Waals surface area contributed by atoms with Crippen LogP contribution in [0.25, 0.3) is 0 Å². The molecule has 4 nitrogen and oxygen atoms in total. The molecule has 0 aliphatic carbocycles. The molecule has 1 aliphatic rings. The van der Waals surface area contributed by atoms with Crippen molar-refractivity contribution >= 4 is 5.91 Å². The summed E-state index contributed by atoms with van der Waals surface area (Å²) in [6, 6.07) is 8.08. The van der Waals surface area contributed by atoms with Crippen LogP contribution in [-0.2, 0) is 11.2 Å². The van der Waals surface area contributed by atoms with Gasteiger partial charge in [0, 0.05) is 39.3 Å². The van der Waals surface area contributed by atoms with E-state index in [9.17, 15) is 4.79 Å². The fourth-order valence-electron chi connectivity index (χ4n) is 2.60. The molecular formula is C16H24N2O2. The molecule has 1 saturated heterocycles. The van der Waals surface area contributed by atoms with Gasteiger partial charge in [0.05, 0.1) is 6.42 Å². The molecule has 1 heterocycles. The van der Waals surface area contributed by atoms with Gasteiger partial charge in [-0.05, 0) is 24.5 Å². The van der Waals surface area contributed by atoms with Crippen molar-refractivity contribution in [3.8, 4) is 0 Å².